The van der Waals surface area contributed by atoms with Crippen molar-refractivity contribution < 1.29 is 0 Å². The summed E-state index contributed by atoms with van der Waals surface area (Å²) in [6, 6.07) is 9.06. The average molecular weight is 281 g/mol. The van der Waals surface area contributed by atoms with Gasteiger partial charge >= 0.3 is 0 Å². The van der Waals surface area contributed by atoms with Crippen LogP contribution >= 0.6 is 0 Å². The Balaban J connectivity index is 1.77. The van der Waals surface area contributed by atoms with Crippen LogP contribution in [0.2, 0.25) is 0 Å². The minimum atomic E-state index is 0.406. The molecule has 2 aliphatic rings. The number of nitrogens with two attached hydrogens (primary N) is 1. The molecule has 0 amide bonds. The fraction of sp³-hybridized carbons (Fsp3) is 0.500. The lowest BCUT2D eigenvalue weighted by molar-refractivity contribution is 0.158. The second kappa shape index (κ2) is 4.74. The maximum Gasteiger partial charge on any atom is 0.201 e. The van der Waals surface area contributed by atoms with Crippen LogP contribution in [0, 0.1) is 11.3 Å². The maximum absolute atomic E-state index is 9.22. The molecule has 3 heterocycles. The Labute approximate surface area is 124 Å². The van der Waals surface area contributed by atoms with E-state index in [0.29, 0.717) is 23.6 Å². The van der Waals surface area contributed by atoms with Gasteiger partial charge in [0, 0.05) is 18.6 Å². The minimum absolute atomic E-state index is 0.406. The third-order valence-electron chi connectivity index (χ3n) is 5.03. The highest BCUT2D eigenvalue weighted by atomic mass is 15.2. The number of piperidine rings is 1. The van der Waals surface area contributed by atoms with E-state index >= 15 is 0 Å². The van der Waals surface area contributed by atoms with Crippen molar-refractivity contribution in [2.24, 2.45) is 0 Å². The van der Waals surface area contributed by atoms with Gasteiger partial charge in [0.15, 0.2) is 0 Å². The van der Waals surface area contributed by atoms with Crippen molar-refractivity contribution in [1.29, 1.82) is 5.26 Å². The zero-order valence-electron chi connectivity index (χ0n) is 12.0. The van der Waals surface area contributed by atoms with Gasteiger partial charge in [-0.2, -0.15) is 5.26 Å². The molecule has 0 aliphatic carbocycles. The summed E-state index contributed by atoms with van der Waals surface area (Å²) < 4.78 is 2.16. The van der Waals surface area contributed by atoms with Gasteiger partial charge < -0.3 is 15.2 Å². The Bertz CT molecular complexity index is 726. The van der Waals surface area contributed by atoms with Crippen LogP contribution in [0.5, 0.6) is 0 Å². The van der Waals surface area contributed by atoms with Crippen LogP contribution in [0.4, 0.5) is 5.95 Å². The van der Waals surface area contributed by atoms with Crippen molar-refractivity contribution in [1.82, 2.24) is 14.5 Å². The van der Waals surface area contributed by atoms with Gasteiger partial charge in [0.2, 0.25) is 5.95 Å². The molecule has 5 nitrogen and oxygen atoms in total. The Morgan fingerprint density at radius 1 is 1.24 bits per heavy atom. The second-order valence-corrected chi connectivity index (χ2v) is 6.14. The summed E-state index contributed by atoms with van der Waals surface area (Å²) in [5, 5.41) is 9.22. The van der Waals surface area contributed by atoms with Gasteiger partial charge in [0.05, 0.1) is 11.1 Å². The molecule has 2 fully saturated rings. The molecule has 0 radical (unpaired) electrons. The maximum atomic E-state index is 9.22. The quantitative estimate of drug-likeness (QED) is 0.870. The number of nitrogen functional groups attached to an aromatic ring is 1. The van der Waals surface area contributed by atoms with Gasteiger partial charge in [-0.15, -0.1) is 0 Å². The third kappa shape index (κ3) is 1.90. The summed E-state index contributed by atoms with van der Waals surface area (Å²) in [6.07, 6.45) is 4.87. The van der Waals surface area contributed by atoms with E-state index in [1.807, 2.05) is 12.1 Å². The average Bonchev–Trinajstić information content (AvgIpc) is 3.08. The largest absolute Gasteiger partial charge is 0.369 e. The third-order valence-corrected chi connectivity index (χ3v) is 5.03. The number of rotatable bonds is 1. The second-order valence-electron chi connectivity index (χ2n) is 6.14. The highest BCUT2D eigenvalue weighted by Crippen LogP contribution is 2.36. The molecular weight excluding hydrogens is 262 g/mol. The molecule has 108 valence electrons. The number of benzene rings is 1. The van der Waals surface area contributed by atoms with E-state index < -0.39 is 0 Å². The van der Waals surface area contributed by atoms with Crippen LogP contribution in [-0.4, -0.2) is 33.6 Å². The molecule has 2 unspecified atom stereocenters. The summed E-state index contributed by atoms with van der Waals surface area (Å²) in [7, 11) is 0. The normalized spacial score (nSPS) is 25.9. The van der Waals surface area contributed by atoms with Crippen LogP contribution in [0.25, 0.3) is 11.0 Å². The fourth-order valence-electron chi connectivity index (χ4n) is 4.05. The lowest BCUT2D eigenvalue weighted by Gasteiger charge is -2.35. The Morgan fingerprint density at radius 3 is 3.00 bits per heavy atom. The molecule has 4 rings (SSSR count). The summed E-state index contributed by atoms with van der Waals surface area (Å²) in [5.41, 5.74) is 8.53. The zero-order chi connectivity index (χ0) is 14.4. The Hall–Kier alpha value is -2.06. The molecule has 2 N–H and O–H groups in total. The molecule has 0 bridgehead atoms. The van der Waals surface area contributed by atoms with Gasteiger partial charge in [-0.25, -0.2) is 4.98 Å². The molecule has 0 saturated carbocycles. The molecule has 1 aromatic carbocycles. The Kier molecular flexibility index (Phi) is 2.86. The fourth-order valence-corrected chi connectivity index (χ4v) is 4.05. The van der Waals surface area contributed by atoms with Crippen LogP contribution < -0.4 is 5.73 Å². The summed E-state index contributed by atoms with van der Waals surface area (Å²) in [5.74, 6) is 0.546. The van der Waals surface area contributed by atoms with Gasteiger partial charge in [-0.3, -0.25) is 0 Å². The number of hydrogen-bond donors (Lipinski definition) is 1. The molecule has 2 saturated heterocycles. The van der Waals surface area contributed by atoms with Crippen molar-refractivity contribution in [3.05, 3.63) is 23.8 Å². The number of nitrogens with zero attached hydrogens (tertiary/aromatic N) is 4. The molecule has 2 aromatic rings. The summed E-state index contributed by atoms with van der Waals surface area (Å²) >= 11 is 0. The lowest BCUT2D eigenvalue weighted by atomic mass is 9.97. The van der Waals surface area contributed by atoms with E-state index in [1.165, 1.54) is 19.4 Å². The van der Waals surface area contributed by atoms with Crippen molar-refractivity contribution in [3.8, 4) is 6.07 Å². The smallest absolute Gasteiger partial charge is 0.201 e. The number of anilines is 1. The lowest BCUT2D eigenvalue weighted by Crippen LogP contribution is -2.38. The van der Waals surface area contributed by atoms with Crippen molar-refractivity contribution >= 4 is 17.0 Å². The SMILES string of the molecule is N#Cc1cccc2c1nc(N)n2C1CCN2CCCC2C1. The number of para-hydroxylation sites is 1. The highest BCUT2D eigenvalue weighted by Gasteiger charge is 2.33. The van der Waals surface area contributed by atoms with Gasteiger partial charge in [0.25, 0.3) is 0 Å². The van der Waals surface area contributed by atoms with Crippen LogP contribution in [0.1, 0.15) is 37.3 Å². The molecule has 2 atom stereocenters. The van der Waals surface area contributed by atoms with E-state index in [0.717, 1.165) is 30.4 Å². The van der Waals surface area contributed by atoms with Gasteiger partial charge in [-0.05, 0) is 44.4 Å². The van der Waals surface area contributed by atoms with Crippen molar-refractivity contribution in [3.63, 3.8) is 0 Å². The first-order valence-electron chi connectivity index (χ1n) is 7.68. The van der Waals surface area contributed by atoms with Gasteiger partial charge in [0.1, 0.15) is 11.6 Å². The molecular formula is C16H19N5. The topological polar surface area (TPSA) is 70.9 Å². The van der Waals surface area contributed by atoms with E-state index in [1.54, 1.807) is 6.07 Å². The summed E-state index contributed by atoms with van der Waals surface area (Å²) in [6.45, 7) is 2.39. The zero-order valence-corrected chi connectivity index (χ0v) is 12.0. The summed E-state index contributed by atoms with van der Waals surface area (Å²) in [4.78, 5) is 7.05. The number of fused-ring (bicyclic) bond motifs is 2. The van der Waals surface area contributed by atoms with E-state index in [9.17, 15) is 5.26 Å². The molecule has 1 aromatic heterocycles. The van der Waals surface area contributed by atoms with Crippen LogP contribution in [0.3, 0.4) is 0 Å². The monoisotopic (exact) mass is 281 g/mol. The van der Waals surface area contributed by atoms with E-state index in [-0.39, 0.29) is 0 Å². The number of nitriles is 1. The van der Waals surface area contributed by atoms with E-state index in [4.69, 9.17) is 5.73 Å². The van der Waals surface area contributed by atoms with Crippen molar-refractivity contribution in [2.75, 3.05) is 18.8 Å². The first-order chi connectivity index (χ1) is 10.3. The number of aromatic nitrogens is 2. The predicted octanol–water partition coefficient (Wildman–Crippen LogP) is 2.29. The predicted molar refractivity (Wildman–Crippen MR) is 81.7 cm³/mol. The molecule has 2 aliphatic heterocycles. The van der Waals surface area contributed by atoms with Crippen LogP contribution in [0.15, 0.2) is 18.2 Å². The number of hydrogen-bond acceptors (Lipinski definition) is 4. The van der Waals surface area contributed by atoms with Gasteiger partial charge in [-0.1, -0.05) is 6.07 Å². The standard InChI is InChI=1S/C16H19N5/c17-10-11-3-1-5-14-15(11)19-16(18)21(14)13-6-8-20-7-2-4-12(20)9-13/h1,3,5,12-13H,2,4,6-9H2,(H2,18,19). The van der Waals surface area contributed by atoms with E-state index in [2.05, 4.69) is 20.5 Å². The molecule has 0 spiro atoms. The first-order valence-corrected chi connectivity index (χ1v) is 7.68. The molecule has 21 heavy (non-hydrogen) atoms. The molecule has 5 heteroatoms. The Morgan fingerprint density at radius 2 is 2.14 bits per heavy atom. The highest BCUT2D eigenvalue weighted by molar-refractivity contribution is 5.84. The van der Waals surface area contributed by atoms with Crippen molar-refractivity contribution in [2.45, 2.75) is 37.8 Å². The number of imidazole rings is 1. The van der Waals surface area contributed by atoms with Crippen LogP contribution in [-0.2, 0) is 0 Å². The minimum Gasteiger partial charge on any atom is -0.369 e. The first kappa shape index (κ1) is 12.7.